The molecule has 0 bridgehead atoms. The second kappa shape index (κ2) is 13.7. The summed E-state index contributed by atoms with van der Waals surface area (Å²) in [6, 6.07) is 13.8. The molecule has 2 aromatic carbocycles. The van der Waals surface area contributed by atoms with Crippen molar-refractivity contribution in [3.8, 4) is 17.2 Å². The quantitative estimate of drug-likeness (QED) is 0.208. The van der Waals surface area contributed by atoms with Gasteiger partial charge in [-0.15, -0.1) is 0 Å². The average molecular weight is 688 g/mol. The molecule has 2 unspecified atom stereocenters. The average Bonchev–Trinajstić information content (AvgIpc) is 3.60. The molecule has 1 spiro atoms. The number of halogens is 1. The fourth-order valence-electron chi connectivity index (χ4n) is 9.09. The number of benzene rings is 2. The van der Waals surface area contributed by atoms with Crippen molar-refractivity contribution in [2.45, 2.75) is 101 Å². The van der Waals surface area contributed by atoms with Crippen molar-refractivity contribution < 1.29 is 24.1 Å². The first-order valence-electron chi connectivity index (χ1n) is 18.1. The minimum absolute atomic E-state index is 0.164. The first kappa shape index (κ1) is 34.0. The summed E-state index contributed by atoms with van der Waals surface area (Å²) in [5.41, 5.74) is 4.59. The summed E-state index contributed by atoms with van der Waals surface area (Å²) >= 11 is 6.28. The monoisotopic (exact) mass is 687 g/mol. The topological polar surface area (TPSA) is 93.2 Å². The zero-order chi connectivity index (χ0) is 34.3. The molecule has 0 amide bonds. The SMILES string of the molecule is C[C@@H](COc1ccnc2c1[C@H](C)CCC2)CC1Cc2cc3c(cc2C12CCC(Nc1cccc(Cl)c1)(C(=O)O)CC2)OC(CCN(C)C)O3. The first-order valence-corrected chi connectivity index (χ1v) is 18.5. The Labute approximate surface area is 295 Å². The zero-order valence-corrected chi connectivity index (χ0v) is 30.0. The number of fused-ring (bicyclic) bond motifs is 4. The summed E-state index contributed by atoms with van der Waals surface area (Å²) in [5, 5.41) is 14.6. The van der Waals surface area contributed by atoms with E-state index in [1.54, 1.807) is 12.1 Å². The Bertz CT molecular complexity index is 1690. The summed E-state index contributed by atoms with van der Waals surface area (Å²) < 4.78 is 19.2. The van der Waals surface area contributed by atoms with E-state index < -0.39 is 11.5 Å². The lowest BCUT2D eigenvalue weighted by Gasteiger charge is -2.47. The van der Waals surface area contributed by atoms with Gasteiger partial charge in [-0.1, -0.05) is 31.5 Å². The number of ether oxygens (including phenoxy) is 3. The Morgan fingerprint density at radius 1 is 1.14 bits per heavy atom. The number of aliphatic carboxylic acids is 1. The van der Waals surface area contributed by atoms with Gasteiger partial charge in [0.05, 0.1) is 6.61 Å². The minimum atomic E-state index is -1.07. The van der Waals surface area contributed by atoms with Gasteiger partial charge >= 0.3 is 5.97 Å². The van der Waals surface area contributed by atoms with Crippen molar-refractivity contribution in [3.05, 3.63) is 76.1 Å². The molecule has 9 heteroatoms. The Morgan fingerprint density at radius 2 is 1.92 bits per heavy atom. The number of hydrogen-bond donors (Lipinski definition) is 2. The van der Waals surface area contributed by atoms with Gasteiger partial charge in [0.2, 0.25) is 6.29 Å². The molecule has 1 fully saturated rings. The third-order valence-corrected chi connectivity index (χ3v) is 11.9. The lowest BCUT2D eigenvalue weighted by atomic mass is 9.59. The second-order valence-corrected chi connectivity index (χ2v) is 15.8. The third-order valence-electron chi connectivity index (χ3n) is 11.7. The molecule has 1 saturated carbocycles. The number of anilines is 1. The summed E-state index contributed by atoms with van der Waals surface area (Å²) in [4.78, 5) is 19.8. The molecule has 2 N–H and O–H groups in total. The van der Waals surface area contributed by atoms with Crippen molar-refractivity contribution in [1.82, 2.24) is 9.88 Å². The zero-order valence-electron chi connectivity index (χ0n) is 29.3. The summed E-state index contributed by atoms with van der Waals surface area (Å²) in [5.74, 6) is 2.91. The van der Waals surface area contributed by atoms with Crippen LogP contribution in [0.5, 0.6) is 17.2 Å². The van der Waals surface area contributed by atoms with Gasteiger partial charge in [0.15, 0.2) is 11.5 Å². The van der Waals surface area contributed by atoms with E-state index in [0.717, 1.165) is 68.0 Å². The van der Waals surface area contributed by atoms with Gasteiger partial charge in [0, 0.05) is 41.1 Å². The van der Waals surface area contributed by atoms with Crippen LogP contribution in [0.2, 0.25) is 5.02 Å². The summed E-state index contributed by atoms with van der Waals surface area (Å²) in [7, 11) is 4.11. The molecule has 262 valence electrons. The highest BCUT2D eigenvalue weighted by molar-refractivity contribution is 6.30. The van der Waals surface area contributed by atoms with E-state index in [4.69, 9.17) is 25.8 Å². The number of hydrogen-bond acceptors (Lipinski definition) is 7. The predicted molar refractivity (Wildman–Crippen MR) is 192 cm³/mol. The number of pyridine rings is 1. The maximum absolute atomic E-state index is 13.0. The maximum atomic E-state index is 13.0. The van der Waals surface area contributed by atoms with Crippen LogP contribution in [0.1, 0.15) is 93.5 Å². The number of carboxylic acids is 1. The second-order valence-electron chi connectivity index (χ2n) is 15.4. The number of nitrogens with zero attached hydrogens (tertiary/aromatic N) is 2. The third kappa shape index (κ3) is 6.71. The first-order chi connectivity index (χ1) is 23.5. The number of carbonyl (C=O) groups is 1. The van der Waals surface area contributed by atoms with Crippen LogP contribution in [0.25, 0.3) is 0 Å². The highest BCUT2D eigenvalue weighted by atomic mass is 35.5. The Morgan fingerprint density at radius 3 is 2.65 bits per heavy atom. The Kier molecular flexibility index (Phi) is 9.48. The number of aromatic nitrogens is 1. The van der Waals surface area contributed by atoms with Crippen LogP contribution in [0.15, 0.2) is 48.7 Å². The molecule has 0 saturated heterocycles. The molecule has 4 atom stereocenters. The molecule has 49 heavy (non-hydrogen) atoms. The molecule has 7 rings (SSSR count). The van der Waals surface area contributed by atoms with E-state index in [1.165, 1.54) is 35.2 Å². The molecular formula is C40H50ClN3O5. The molecule has 2 heterocycles. The minimum Gasteiger partial charge on any atom is -0.493 e. The van der Waals surface area contributed by atoms with Crippen LogP contribution in [0.3, 0.4) is 0 Å². The summed E-state index contributed by atoms with van der Waals surface area (Å²) in [6.45, 7) is 6.09. The molecule has 1 aromatic heterocycles. The van der Waals surface area contributed by atoms with Gasteiger partial charge in [-0.2, -0.15) is 0 Å². The van der Waals surface area contributed by atoms with Crippen LogP contribution in [-0.4, -0.2) is 60.0 Å². The van der Waals surface area contributed by atoms with E-state index >= 15 is 0 Å². The summed E-state index contributed by atoms with van der Waals surface area (Å²) in [6.07, 6.45) is 10.2. The lowest BCUT2D eigenvalue weighted by Crippen LogP contribution is -2.53. The van der Waals surface area contributed by atoms with Gasteiger partial charge in [0.25, 0.3) is 0 Å². The van der Waals surface area contributed by atoms with E-state index in [9.17, 15) is 9.90 Å². The van der Waals surface area contributed by atoms with Crippen LogP contribution in [0, 0.1) is 11.8 Å². The van der Waals surface area contributed by atoms with Crippen LogP contribution < -0.4 is 19.5 Å². The largest absolute Gasteiger partial charge is 0.493 e. The smallest absolute Gasteiger partial charge is 0.329 e. The van der Waals surface area contributed by atoms with Crippen molar-refractivity contribution in [2.75, 3.05) is 32.6 Å². The van der Waals surface area contributed by atoms with E-state index in [2.05, 4.69) is 55.3 Å². The Balaban J connectivity index is 1.13. The van der Waals surface area contributed by atoms with E-state index in [0.29, 0.717) is 42.2 Å². The number of carboxylic acid groups (broad SMARTS) is 1. The molecule has 1 aliphatic heterocycles. The standard InChI is InChI=1S/C40H50ClN3O5/c1-25(24-47-33-11-17-42-32-10-5-7-26(2)37(32)33)19-28-20-27-21-34-35(49-36(48-34)12-18-44(3)4)23-31(27)39(28)13-15-40(16-14-39,38(45)46)43-30-9-6-8-29(41)22-30/h6,8-9,11,17,21-23,25-26,28,36,43H,5,7,10,12-16,18-20,24H2,1-4H3,(H,45,46)/t25-,26-,28?,36?,39?,40?/m1/s1. The van der Waals surface area contributed by atoms with E-state index in [1.807, 2.05) is 24.4 Å². The van der Waals surface area contributed by atoms with Gasteiger partial charge in [-0.25, -0.2) is 4.79 Å². The maximum Gasteiger partial charge on any atom is 0.329 e. The van der Waals surface area contributed by atoms with Crippen molar-refractivity contribution in [3.63, 3.8) is 0 Å². The molecule has 4 aliphatic rings. The molecule has 8 nitrogen and oxygen atoms in total. The number of nitrogens with one attached hydrogen (secondary N) is 1. The van der Waals surface area contributed by atoms with Gasteiger partial charge in [-0.05, 0) is 143 Å². The van der Waals surface area contributed by atoms with Crippen molar-refractivity contribution >= 4 is 23.3 Å². The highest BCUT2D eigenvalue weighted by Gasteiger charge is 2.54. The molecule has 0 radical (unpaired) electrons. The lowest BCUT2D eigenvalue weighted by molar-refractivity contribution is -0.144. The highest BCUT2D eigenvalue weighted by Crippen LogP contribution is 2.58. The fraction of sp³-hybridized carbons (Fsp3) is 0.550. The van der Waals surface area contributed by atoms with Crippen LogP contribution >= 0.6 is 11.6 Å². The molecule has 3 aliphatic carbocycles. The molecule has 3 aromatic rings. The Hall–Kier alpha value is -3.49. The molecular weight excluding hydrogens is 638 g/mol. The van der Waals surface area contributed by atoms with Gasteiger partial charge < -0.3 is 29.5 Å². The van der Waals surface area contributed by atoms with Crippen molar-refractivity contribution in [1.29, 1.82) is 0 Å². The fourth-order valence-corrected chi connectivity index (χ4v) is 9.28. The van der Waals surface area contributed by atoms with Crippen molar-refractivity contribution in [2.24, 2.45) is 11.8 Å². The van der Waals surface area contributed by atoms with Crippen LogP contribution in [0.4, 0.5) is 5.69 Å². The van der Waals surface area contributed by atoms with Gasteiger partial charge in [0.1, 0.15) is 11.3 Å². The normalized spacial score (nSPS) is 27.5. The number of rotatable bonds is 11. The number of aryl methyl sites for hydroxylation is 1. The van der Waals surface area contributed by atoms with E-state index in [-0.39, 0.29) is 11.7 Å². The predicted octanol–water partition coefficient (Wildman–Crippen LogP) is 8.25. The van der Waals surface area contributed by atoms with Crippen LogP contribution in [-0.2, 0) is 23.1 Å². The van der Waals surface area contributed by atoms with Gasteiger partial charge in [-0.3, -0.25) is 4.98 Å².